The van der Waals surface area contributed by atoms with E-state index in [0.29, 0.717) is 19.1 Å². The third kappa shape index (κ3) is 5.53. The maximum absolute atomic E-state index is 11.2. The molecule has 0 aromatic heterocycles. The fourth-order valence-electron chi connectivity index (χ4n) is 1.23. The average Bonchev–Trinajstić information content (AvgIpc) is 2.58. The van der Waals surface area contributed by atoms with Crippen molar-refractivity contribution in [3.05, 3.63) is 0 Å². The van der Waals surface area contributed by atoms with Crippen molar-refractivity contribution in [1.82, 2.24) is 16.0 Å². The van der Waals surface area contributed by atoms with E-state index in [9.17, 15) is 4.79 Å². The van der Waals surface area contributed by atoms with Gasteiger partial charge < -0.3 is 16.0 Å². The summed E-state index contributed by atoms with van der Waals surface area (Å²) in [5.41, 5.74) is 0. The number of hydrogen-bond donors (Lipinski definition) is 3. The third-order valence-corrected chi connectivity index (χ3v) is 2.15. The van der Waals surface area contributed by atoms with E-state index < -0.39 is 0 Å². The van der Waals surface area contributed by atoms with Crippen molar-refractivity contribution in [3.63, 3.8) is 0 Å². The molecule has 16 heavy (non-hydrogen) atoms. The predicted octanol–water partition coefficient (Wildman–Crippen LogP) is 0.314. The second-order valence-electron chi connectivity index (χ2n) is 4.11. The van der Waals surface area contributed by atoms with Gasteiger partial charge in [0.2, 0.25) is 5.91 Å². The second-order valence-corrected chi connectivity index (χ2v) is 4.11. The highest BCUT2D eigenvalue weighted by atomic mass is 127. The smallest absolute Gasteiger partial charge is 0.222 e. The molecule has 1 rings (SSSR count). The highest BCUT2D eigenvalue weighted by Crippen LogP contribution is 1.91. The largest absolute Gasteiger partial charge is 0.355 e. The van der Waals surface area contributed by atoms with Crippen molar-refractivity contribution in [2.24, 2.45) is 10.9 Å². The van der Waals surface area contributed by atoms with E-state index in [-0.39, 0.29) is 35.8 Å². The molecule has 1 amide bonds. The van der Waals surface area contributed by atoms with E-state index in [1.165, 1.54) is 0 Å². The molecule has 1 aliphatic rings. The lowest BCUT2D eigenvalue weighted by Gasteiger charge is -2.10. The molecule has 1 atom stereocenters. The van der Waals surface area contributed by atoms with Gasteiger partial charge in [0, 0.05) is 25.0 Å². The number of nitrogens with zero attached hydrogens (tertiary/aromatic N) is 1. The SMILES string of the molecule is CC1CN=C(NCCNC(=O)C(C)C)N1.I. The molecule has 0 saturated carbocycles. The number of nitrogens with one attached hydrogen (secondary N) is 3. The summed E-state index contributed by atoms with van der Waals surface area (Å²) in [6.07, 6.45) is 0. The van der Waals surface area contributed by atoms with Crippen LogP contribution in [-0.2, 0) is 4.79 Å². The molecule has 1 unspecified atom stereocenters. The van der Waals surface area contributed by atoms with Gasteiger partial charge in [-0.1, -0.05) is 13.8 Å². The fourth-order valence-corrected chi connectivity index (χ4v) is 1.23. The Hall–Kier alpha value is -0.530. The van der Waals surface area contributed by atoms with Crippen molar-refractivity contribution in [2.45, 2.75) is 26.8 Å². The van der Waals surface area contributed by atoms with Crippen molar-refractivity contribution >= 4 is 35.8 Å². The van der Waals surface area contributed by atoms with Gasteiger partial charge in [0.1, 0.15) is 0 Å². The molecule has 0 aromatic carbocycles. The minimum absolute atomic E-state index is 0. The molecule has 1 aliphatic heterocycles. The summed E-state index contributed by atoms with van der Waals surface area (Å²) in [5.74, 6) is 0.972. The molecule has 6 heteroatoms. The first-order valence-corrected chi connectivity index (χ1v) is 5.42. The minimum atomic E-state index is 0. The highest BCUT2D eigenvalue weighted by molar-refractivity contribution is 14.0. The Morgan fingerprint density at radius 1 is 1.56 bits per heavy atom. The quantitative estimate of drug-likeness (QED) is 0.510. The van der Waals surface area contributed by atoms with Crippen LogP contribution >= 0.6 is 24.0 Å². The predicted molar refractivity (Wildman–Crippen MR) is 76.2 cm³/mol. The van der Waals surface area contributed by atoms with Gasteiger partial charge in [-0.2, -0.15) is 0 Å². The van der Waals surface area contributed by atoms with Crippen LogP contribution in [0.4, 0.5) is 0 Å². The monoisotopic (exact) mass is 340 g/mol. The van der Waals surface area contributed by atoms with E-state index in [2.05, 4.69) is 27.9 Å². The zero-order chi connectivity index (χ0) is 11.3. The summed E-state index contributed by atoms with van der Waals surface area (Å²) in [7, 11) is 0. The standard InChI is InChI=1S/C10H20N4O.HI/c1-7(2)9(15)11-4-5-12-10-13-6-8(3)14-10;/h7-8H,4-6H2,1-3H3,(H,11,15)(H2,12,13,14);1H. The van der Waals surface area contributed by atoms with E-state index in [4.69, 9.17) is 0 Å². The number of carbonyl (C=O) groups excluding carboxylic acids is 1. The Balaban J connectivity index is 0.00000225. The summed E-state index contributed by atoms with van der Waals surface area (Å²) < 4.78 is 0. The summed E-state index contributed by atoms with van der Waals surface area (Å²) in [6.45, 7) is 8.00. The van der Waals surface area contributed by atoms with Crippen LogP contribution in [0.15, 0.2) is 4.99 Å². The lowest BCUT2D eigenvalue weighted by Crippen LogP contribution is -2.41. The normalized spacial score (nSPS) is 18.5. The molecule has 0 aliphatic carbocycles. The molecule has 0 radical (unpaired) electrons. The van der Waals surface area contributed by atoms with Crippen molar-refractivity contribution in [1.29, 1.82) is 0 Å². The first kappa shape index (κ1) is 15.5. The third-order valence-electron chi connectivity index (χ3n) is 2.15. The molecule has 5 nitrogen and oxygen atoms in total. The van der Waals surface area contributed by atoms with Gasteiger partial charge in [-0.05, 0) is 6.92 Å². The fraction of sp³-hybridized carbons (Fsp3) is 0.800. The Bertz CT molecular complexity index is 255. The van der Waals surface area contributed by atoms with E-state index in [1.54, 1.807) is 0 Å². The lowest BCUT2D eigenvalue weighted by molar-refractivity contribution is -0.123. The van der Waals surface area contributed by atoms with Gasteiger partial charge in [0.25, 0.3) is 0 Å². The van der Waals surface area contributed by atoms with E-state index in [1.807, 2.05) is 13.8 Å². The first-order chi connectivity index (χ1) is 7.09. The highest BCUT2D eigenvalue weighted by Gasteiger charge is 2.11. The van der Waals surface area contributed by atoms with Gasteiger partial charge in [-0.15, -0.1) is 24.0 Å². The maximum Gasteiger partial charge on any atom is 0.222 e. The summed E-state index contributed by atoms with van der Waals surface area (Å²) in [5, 5.41) is 9.15. The second kappa shape index (κ2) is 7.70. The molecule has 1 heterocycles. The van der Waals surface area contributed by atoms with Crippen LogP contribution in [0.3, 0.4) is 0 Å². The van der Waals surface area contributed by atoms with Crippen molar-refractivity contribution in [3.8, 4) is 0 Å². The van der Waals surface area contributed by atoms with Crippen molar-refractivity contribution in [2.75, 3.05) is 19.6 Å². The van der Waals surface area contributed by atoms with E-state index >= 15 is 0 Å². The zero-order valence-corrected chi connectivity index (χ0v) is 12.4. The summed E-state index contributed by atoms with van der Waals surface area (Å²) >= 11 is 0. The van der Waals surface area contributed by atoms with Gasteiger partial charge >= 0.3 is 0 Å². The maximum atomic E-state index is 11.2. The Labute approximate surface area is 114 Å². The van der Waals surface area contributed by atoms with Crippen LogP contribution in [0.5, 0.6) is 0 Å². The number of halogens is 1. The molecule has 0 bridgehead atoms. The Morgan fingerprint density at radius 3 is 2.75 bits per heavy atom. The molecule has 0 aromatic rings. The van der Waals surface area contributed by atoms with Crippen LogP contribution in [0.25, 0.3) is 0 Å². The molecule has 94 valence electrons. The number of amides is 1. The lowest BCUT2D eigenvalue weighted by atomic mass is 10.2. The van der Waals surface area contributed by atoms with Crippen LogP contribution in [0.1, 0.15) is 20.8 Å². The van der Waals surface area contributed by atoms with Gasteiger partial charge in [-0.25, -0.2) is 0 Å². The molecule has 0 spiro atoms. The molecular weight excluding hydrogens is 319 g/mol. The van der Waals surface area contributed by atoms with Gasteiger partial charge in [0.15, 0.2) is 5.96 Å². The molecule has 3 N–H and O–H groups in total. The van der Waals surface area contributed by atoms with Crippen LogP contribution in [-0.4, -0.2) is 37.5 Å². The number of guanidine groups is 1. The number of carbonyl (C=O) groups is 1. The zero-order valence-electron chi connectivity index (χ0n) is 10.0. The molecule has 0 fully saturated rings. The first-order valence-electron chi connectivity index (χ1n) is 5.42. The molecule has 0 saturated heterocycles. The molecular formula is C10H21IN4O. The van der Waals surface area contributed by atoms with Crippen LogP contribution < -0.4 is 16.0 Å². The van der Waals surface area contributed by atoms with Crippen LogP contribution in [0, 0.1) is 5.92 Å². The minimum Gasteiger partial charge on any atom is -0.355 e. The number of aliphatic imine (C=N–C) groups is 1. The van der Waals surface area contributed by atoms with Crippen molar-refractivity contribution < 1.29 is 4.79 Å². The number of hydrogen-bond acceptors (Lipinski definition) is 4. The Kier molecular flexibility index (Phi) is 7.44. The van der Waals surface area contributed by atoms with E-state index in [0.717, 1.165) is 12.5 Å². The number of rotatable bonds is 4. The van der Waals surface area contributed by atoms with Gasteiger partial charge in [-0.3, -0.25) is 9.79 Å². The van der Waals surface area contributed by atoms with Gasteiger partial charge in [0.05, 0.1) is 6.54 Å². The van der Waals surface area contributed by atoms with Crippen LogP contribution in [0.2, 0.25) is 0 Å². The summed E-state index contributed by atoms with van der Waals surface area (Å²) in [6, 6.07) is 0.415. The summed E-state index contributed by atoms with van der Waals surface area (Å²) in [4.78, 5) is 15.5. The average molecular weight is 340 g/mol. The Morgan fingerprint density at radius 2 is 2.25 bits per heavy atom. The topological polar surface area (TPSA) is 65.5 Å².